The quantitative estimate of drug-likeness (QED) is 0.458. The fraction of sp³-hybridized carbons (Fsp3) is 0.105. The van der Waals surface area contributed by atoms with E-state index in [0.717, 1.165) is 11.3 Å². The summed E-state index contributed by atoms with van der Waals surface area (Å²) in [5.74, 6) is 0.723. The molecule has 0 fully saturated rings. The largest absolute Gasteiger partial charge is 0.497 e. The topological polar surface area (TPSA) is 26.3 Å². The molecular formula is C19H18O2. The summed E-state index contributed by atoms with van der Waals surface area (Å²) in [6, 6.07) is 15.3. The van der Waals surface area contributed by atoms with Crippen LogP contribution in [0.5, 0.6) is 5.75 Å². The Bertz CT molecular complexity index is 647. The molecule has 2 aromatic carbocycles. The van der Waals surface area contributed by atoms with Crippen molar-refractivity contribution in [2.45, 2.75) is 6.92 Å². The van der Waals surface area contributed by atoms with Gasteiger partial charge >= 0.3 is 0 Å². The van der Waals surface area contributed by atoms with Crippen LogP contribution in [0.15, 0.2) is 66.8 Å². The van der Waals surface area contributed by atoms with Gasteiger partial charge in [-0.3, -0.25) is 4.79 Å². The van der Waals surface area contributed by atoms with Crippen molar-refractivity contribution < 1.29 is 9.53 Å². The lowest BCUT2D eigenvalue weighted by Gasteiger charge is -1.99. The molecule has 0 heterocycles. The van der Waals surface area contributed by atoms with E-state index in [-0.39, 0.29) is 5.78 Å². The Kier molecular flexibility index (Phi) is 5.10. The molecule has 2 heteroatoms. The lowest BCUT2D eigenvalue weighted by Crippen LogP contribution is -1.93. The van der Waals surface area contributed by atoms with E-state index in [2.05, 4.69) is 19.1 Å². The number of carbonyl (C=O) groups excluding carboxylic acids is 1. The molecule has 0 radical (unpaired) electrons. The molecule has 0 aliphatic rings. The van der Waals surface area contributed by atoms with Gasteiger partial charge < -0.3 is 4.74 Å². The van der Waals surface area contributed by atoms with Gasteiger partial charge in [0.05, 0.1) is 7.11 Å². The molecule has 0 N–H and O–H groups in total. The Balaban J connectivity index is 1.96. The maximum absolute atomic E-state index is 11.9. The van der Waals surface area contributed by atoms with Gasteiger partial charge in [0.15, 0.2) is 5.78 Å². The van der Waals surface area contributed by atoms with E-state index in [1.807, 2.05) is 24.3 Å². The van der Waals surface area contributed by atoms with E-state index in [9.17, 15) is 4.79 Å². The van der Waals surface area contributed by atoms with Crippen molar-refractivity contribution >= 4 is 11.9 Å². The van der Waals surface area contributed by atoms with E-state index in [0.29, 0.717) is 5.56 Å². The second-order valence-corrected chi connectivity index (χ2v) is 4.72. The Morgan fingerprint density at radius 2 is 1.62 bits per heavy atom. The third-order valence-corrected chi connectivity index (χ3v) is 3.10. The van der Waals surface area contributed by atoms with Crippen LogP contribution in [-0.4, -0.2) is 12.9 Å². The van der Waals surface area contributed by atoms with E-state index in [4.69, 9.17) is 4.74 Å². The van der Waals surface area contributed by atoms with Gasteiger partial charge in [-0.1, -0.05) is 48.1 Å². The van der Waals surface area contributed by atoms with Crippen molar-refractivity contribution in [1.82, 2.24) is 0 Å². The van der Waals surface area contributed by atoms with Crippen molar-refractivity contribution in [2.75, 3.05) is 7.11 Å². The van der Waals surface area contributed by atoms with E-state index < -0.39 is 0 Å². The number of ketones is 1. The zero-order valence-electron chi connectivity index (χ0n) is 12.2. The molecule has 0 saturated carbocycles. The molecule has 0 atom stereocenters. The van der Waals surface area contributed by atoms with Crippen molar-refractivity contribution in [3.63, 3.8) is 0 Å². The summed E-state index contributed by atoms with van der Waals surface area (Å²) in [4.78, 5) is 11.9. The average Bonchev–Trinajstić information content (AvgIpc) is 2.53. The fourth-order valence-corrected chi connectivity index (χ4v) is 1.84. The van der Waals surface area contributed by atoms with E-state index >= 15 is 0 Å². The first kappa shape index (κ1) is 14.8. The minimum Gasteiger partial charge on any atom is -0.497 e. The zero-order valence-corrected chi connectivity index (χ0v) is 12.2. The fourth-order valence-electron chi connectivity index (χ4n) is 1.84. The molecule has 0 aliphatic heterocycles. The summed E-state index contributed by atoms with van der Waals surface area (Å²) in [7, 11) is 1.60. The van der Waals surface area contributed by atoms with Crippen molar-refractivity contribution in [3.8, 4) is 5.75 Å². The van der Waals surface area contributed by atoms with Crippen LogP contribution in [0.2, 0.25) is 0 Å². The van der Waals surface area contributed by atoms with Crippen LogP contribution in [0.25, 0.3) is 6.08 Å². The van der Waals surface area contributed by atoms with Gasteiger partial charge in [0.2, 0.25) is 0 Å². The molecule has 2 nitrogen and oxygen atoms in total. The van der Waals surface area contributed by atoms with Gasteiger partial charge in [0.25, 0.3) is 0 Å². The first-order valence-corrected chi connectivity index (χ1v) is 6.79. The summed E-state index contributed by atoms with van der Waals surface area (Å²) >= 11 is 0. The number of allylic oxidation sites excluding steroid dienone is 3. The van der Waals surface area contributed by atoms with Crippen LogP contribution < -0.4 is 4.74 Å². The molecule has 106 valence electrons. The van der Waals surface area contributed by atoms with Gasteiger partial charge in [-0.15, -0.1) is 0 Å². The predicted molar refractivity (Wildman–Crippen MR) is 86.7 cm³/mol. The van der Waals surface area contributed by atoms with Crippen LogP contribution in [0.1, 0.15) is 21.5 Å². The summed E-state index contributed by atoms with van der Waals surface area (Å²) in [6.45, 7) is 2.06. The maximum atomic E-state index is 11.9. The first-order chi connectivity index (χ1) is 10.2. The summed E-state index contributed by atoms with van der Waals surface area (Å²) < 4.78 is 5.06. The molecule has 2 rings (SSSR count). The first-order valence-electron chi connectivity index (χ1n) is 6.79. The number of carbonyl (C=O) groups is 1. The molecule has 0 aromatic heterocycles. The van der Waals surface area contributed by atoms with Gasteiger partial charge in [-0.05, 0) is 42.8 Å². The molecule has 0 amide bonds. The second-order valence-electron chi connectivity index (χ2n) is 4.72. The molecule has 0 bridgehead atoms. The number of rotatable bonds is 5. The Labute approximate surface area is 125 Å². The van der Waals surface area contributed by atoms with E-state index in [1.54, 1.807) is 43.5 Å². The van der Waals surface area contributed by atoms with Crippen molar-refractivity contribution in [3.05, 3.63) is 83.4 Å². The summed E-state index contributed by atoms with van der Waals surface area (Å²) in [6.07, 6.45) is 7.16. The SMILES string of the molecule is COc1ccc(C(=O)/C=C/C=C/c2ccc(C)cc2)cc1. The highest BCUT2D eigenvalue weighted by molar-refractivity contribution is 6.04. The number of hydrogen-bond acceptors (Lipinski definition) is 2. The van der Waals surface area contributed by atoms with Crippen LogP contribution >= 0.6 is 0 Å². The summed E-state index contributed by atoms with van der Waals surface area (Å²) in [5.41, 5.74) is 3.00. The minimum atomic E-state index is -0.0220. The number of aryl methyl sites for hydroxylation is 1. The molecule has 2 aromatic rings. The van der Waals surface area contributed by atoms with Gasteiger partial charge in [-0.25, -0.2) is 0 Å². The number of ether oxygens (including phenoxy) is 1. The van der Waals surface area contributed by atoms with Crippen LogP contribution in [0.4, 0.5) is 0 Å². The standard InChI is InChI=1S/C19H18O2/c1-15-7-9-16(10-8-15)5-3-4-6-19(20)17-11-13-18(21-2)14-12-17/h3-14H,1-2H3/b5-3+,6-4+. The molecule has 21 heavy (non-hydrogen) atoms. The molecule has 0 spiro atoms. The van der Waals surface area contributed by atoms with Gasteiger partial charge in [-0.2, -0.15) is 0 Å². The monoisotopic (exact) mass is 278 g/mol. The smallest absolute Gasteiger partial charge is 0.185 e. The van der Waals surface area contributed by atoms with Crippen LogP contribution in [-0.2, 0) is 0 Å². The van der Waals surface area contributed by atoms with Crippen molar-refractivity contribution in [1.29, 1.82) is 0 Å². The lowest BCUT2D eigenvalue weighted by atomic mass is 10.1. The summed E-state index contributed by atoms with van der Waals surface area (Å²) in [5, 5.41) is 0. The highest BCUT2D eigenvalue weighted by Crippen LogP contribution is 2.12. The van der Waals surface area contributed by atoms with Gasteiger partial charge in [0.1, 0.15) is 5.75 Å². The second kappa shape index (κ2) is 7.25. The normalized spacial score (nSPS) is 11.1. The number of benzene rings is 2. The Morgan fingerprint density at radius 3 is 2.24 bits per heavy atom. The lowest BCUT2D eigenvalue weighted by molar-refractivity contribution is 0.104. The third-order valence-electron chi connectivity index (χ3n) is 3.10. The van der Waals surface area contributed by atoms with Crippen LogP contribution in [0, 0.1) is 6.92 Å². The highest BCUT2D eigenvalue weighted by Gasteiger charge is 2.00. The highest BCUT2D eigenvalue weighted by atomic mass is 16.5. The number of hydrogen-bond donors (Lipinski definition) is 0. The molecule has 0 saturated heterocycles. The Morgan fingerprint density at radius 1 is 0.952 bits per heavy atom. The zero-order chi connectivity index (χ0) is 15.1. The van der Waals surface area contributed by atoms with Crippen molar-refractivity contribution in [2.24, 2.45) is 0 Å². The predicted octanol–water partition coefficient (Wildman–Crippen LogP) is 4.46. The van der Waals surface area contributed by atoms with E-state index in [1.165, 1.54) is 5.56 Å². The molecule has 0 aliphatic carbocycles. The Hall–Kier alpha value is -2.61. The van der Waals surface area contributed by atoms with Gasteiger partial charge in [0, 0.05) is 5.56 Å². The number of methoxy groups -OCH3 is 1. The molecule has 0 unspecified atom stereocenters. The molecular weight excluding hydrogens is 260 g/mol. The average molecular weight is 278 g/mol. The minimum absolute atomic E-state index is 0.0220. The van der Waals surface area contributed by atoms with Crippen LogP contribution in [0.3, 0.4) is 0 Å². The maximum Gasteiger partial charge on any atom is 0.185 e. The third kappa shape index (κ3) is 4.46.